The van der Waals surface area contributed by atoms with E-state index in [0.717, 1.165) is 53.5 Å². The van der Waals surface area contributed by atoms with Gasteiger partial charge in [0.2, 0.25) is 0 Å². The maximum atomic E-state index is 12.0. The van der Waals surface area contributed by atoms with Crippen LogP contribution in [0.25, 0.3) is 0 Å². The van der Waals surface area contributed by atoms with Gasteiger partial charge in [0.05, 0.1) is 48.6 Å². The molecule has 72 heavy (non-hydrogen) atoms. The SMILES string of the molecule is COCCOc1c2cc(Br)cc1Cc1cc(C3N(O)C(C)(C)C(C)(C)N3O)cc(c1OCCOC)Cc1cc(Br)cc(c1OCCOC)Cc1cc(C3N(O)C(C)(C)C(C)(C)N3O)cc(c1OCCOC)C2. The Morgan fingerprint density at radius 2 is 0.569 bits per heavy atom. The molecule has 8 bridgehead atoms. The van der Waals surface area contributed by atoms with E-state index in [-0.39, 0.29) is 26.4 Å². The van der Waals surface area contributed by atoms with E-state index in [2.05, 4.69) is 31.9 Å². The fraction of sp³-hybridized carbons (Fsp3) is 0.556. The van der Waals surface area contributed by atoms with Gasteiger partial charge in [-0.1, -0.05) is 31.9 Å². The second-order valence-electron chi connectivity index (χ2n) is 20.9. The van der Waals surface area contributed by atoms with Crippen LogP contribution in [-0.4, -0.2) is 145 Å². The molecule has 2 heterocycles. The normalized spacial score (nSPS) is 19.2. The molecule has 16 nitrogen and oxygen atoms in total. The van der Waals surface area contributed by atoms with Crippen molar-refractivity contribution in [3.05, 3.63) is 113 Å². The molecule has 0 spiro atoms. The van der Waals surface area contributed by atoms with Gasteiger partial charge in [0.25, 0.3) is 0 Å². The molecule has 2 saturated heterocycles. The van der Waals surface area contributed by atoms with E-state index in [1.807, 2.05) is 104 Å². The van der Waals surface area contributed by atoms with Crippen LogP contribution < -0.4 is 18.9 Å². The molecule has 0 radical (unpaired) electrons. The lowest BCUT2D eigenvalue weighted by molar-refractivity contribution is -0.223. The van der Waals surface area contributed by atoms with E-state index >= 15 is 0 Å². The highest BCUT2D eigenvalue weighted by Gasteiger charge is 2.59. The van der Waals surface area contributed by atoms with Gasteiger partial charge in [0.1, 0.15) is 61.8 Å². The van der Waals surface area contributed by atoms with Crippen LogP contribution in [0.3, 0.4) is 0 Å². The van der Waals surface area contributed by atoms with Crippen LogP contribution in [0, 0.1) is 0 Å². The summed E-state index contributed by atoms with van der Waals surface area (Å²) in [4.78, 5) is 0. The summed E-state index contributed by atoms with van der Waals surface area (Å²) in [5.41, 5.74) is 4.22. The van der Waals surface area contributed by atoms with Crippen molar-refractivity contribution in [2.24, 2.45) is 0 Å². The smallest absolute Gasteiger partial charge is 0.136 e. The van der Waals surface area contributed by atoms with Gasteiger partial charge in [-0.15, -0.1) is 0 Å². The molecule has 4 N–H and O–H groups in total. The molecular weight excluding hydrogens is 1060 g/mol. The highest BCUT2D eigenvalue weighted by molar-refractivity contribution is 9.10. The molecule has 0 atom stereocenters. The molecule has 0 aromatic heterocycles. The number of halogens is 2. The lowest BCUT2D eigenvalue weighted by Crippen LogP contribution is -2.52. The highest BCUT2D eigenvalue weighted by Crippen LogP contribution is 2.51. The summed E-state index contributed by atoms with van der Waals surface area (Å²) in [5, 5.41) is 53.0. The third kappa shape index (κ3) is 10.8. The molecular formula is C54H74Br2N4O12. The van der Waals surface area contributed by atoms with E-state index in [4.69, 9.17) is 37.9 Å². The van der Waals surface area contributed by atoms with Gasteiger partial charge in [-0.3, -0.25) is 0 Å². The second-order valence-corrected chi connectivity index (χ2v) is 22.7. The zero-order valence-electron chi connectivity index (χ0n) is 43.9. The molecule has 4 aromatic carbocycles. The fourth-order valence-corrected chi connectivity index (χ4v) is 11.0. The van der Waals surface area contributed by atoms with Crippen molar-refractivity contribution < 1.29 is 58.7 Å². The van der Waals surface area contributed by atoms with Crippen LogP contribution >= 0.6 is 31.9 Å². The Kier molecular flexibility index (Phi) is 17.8. The number of hydrogen-bond acceptors (Lipinski definition) is 16. The Morgan fingerprint density at radius 1 is 0.375 bits per heavy atom. The van der Waals surface area contributed by atoms with E-state index in [0.29, 0.717) is 86.2 Å². The Morgan fingerprint density at radius 3 is 0.764 bits per heavy atom. The molecule has 0 saturated carbocycles. The number of benzene rings is 4. The zero-order valence-corrected chi connectivity index (χ0v) is 47.0. The predicted octanol–water partition coefficient (Wildman–Crippen LogP) is 9.89. The summed E-state index contributed by atoms with van der Waals surface area (Å²) in [6, 6.07) is 16.1. The topological polar surface area (TPSA) is 168 Å². The Balaban J connectivity index is 1.58. The lowest BCUT2D eigenvalue weighted by Gasteiger charge is -2.37. The molecule has 0 unspecified atom stereocenters. The summed E-state index contributed by atoms with van der Waals surface area (Å²) in [5.74, 6) is 2.49. The summed E-state index contributed by atoms with van der Waals surface area (Å²) in [6.45, 7) is 17.5. The van der Waals surface area contributed by atoms with Crippen LogP contribution in [0.15, 0.2) is 57.5 Å². The molecule has 3 aliphatic rings. The van der Waals surface area contributed by atoms with Gasteiger partial charge < -0.3 is 58.7 Å². The first-order valence-electron chi connectivity index (χ1n) is 24.4. The lowest BCUT2D eigenvalue weighted by atomic mass is 9.84. The third-order valence-electron chi connectivity index (χ3n) is 15.4. The molecule has 2 fully saturated rings. The van der Waals surface area contributed by atoms with Crippen LogP contribution in [0.5, 0.6) is 23.0 Å². The largest absolute Gasteiger partial charge is 0.491 e. The molecule has 4 aromatic rings. The maximum absolute atomic E-state index is 12.0. The number of rotatable bonds is 18. The quantitative estimate of drug-likeness (QED) is 0.0612. The average Bonchev–Trinajstić information content (AvgIpc) is 3.51. The molecule has 1 aliphatic carbocycles. The standard InChI is InChI=1S/C54H74Br2N4O12/c1-51(2)52(3,4)58(62)49(57(51)61)41-25-33-21-37-29-43(55)31-39(47(37)71-19-15-67-11)23-35-27-42(50-59(63)53(5,6)54(7,8)60(50)64)28-36(46(35)70-18-14-66-10)24-40-32-44(56)30-38(48(40)72-20-16-68-12)22-34(26-41)45(33)69-17-13-65-9/h25-32,49-50,61-64H,13-24H2,1-12H3. The van der Waals surface area contributed by atoms with E-state index in [9.17, 15) is 20.8 Å². The first-order chi connectivity index (χ1) is 34.0. The van der Waals surface area contributed by atoms with Crippen molar-refractivity contribution in [3.8, 4) is 23.0 Å². The Bertz CT molecular complexity index is 2250. The van der Waals surface area contributed by atoms with E-state index < -0.39 is 34.5 Å². The molecule has 0 amide bonds. The number of hydroxylamine groups is 8. The van der Waals surface area contributed by atoms with Crippen molar-refractivity contribution in [1.29, 1.82) is 0 Å². The molecule has 18 heteroatoms. The van der Waals surface area contributed by atoms with Crippen molar-refractivity contribution in [2.75, 3.05) is 81.3 Å². The monoisotopic (exact) mass is 1130 g/mol. The predicted molar refractivity (Wildman–Crippen MR) is 278 cm³/mol. The highest BCUT2D eigenvalue weighted by atomic mass is 79.9. The molecule has 2 aliphatic heterocycles. The van der Waals surface area contributed by atoms with Gasteiger partial charge in [0, 0.05) is 85.3 Å². The fourth-order valence-electron chi connectivity index (χ4n) is 9.92. The van der Waals surface area contributed by atoms with Crippen LogP contribution in [0.4, 0.5) is 0 Å². The van der Waals surface area contributed by atoms with E-state index in [1.165, 1.54) is 20.3 Å². The van der Waals surface area contributed by atoms with Crippen molar-refractivity contribution >= 4 is 31.9 Å². The Hall–Kier alpha value is -3.44. The summed E-state index contributed by atoms with van der Waals surface area (Å²) in [7, 11) is 6.53. The van der Waals surface area contributed by atoms with Gasteiger partial charge in [-0.25, -0.2) is 0 Å². The summed E-state index contributed by atoms with van der Waals surface area (Å²) < 4.78 is 50.8. The van der Waals surface area contributed by atoms with Crippen molar-refractivity contribution in [2.45, 2.75) is 116 Å². The van der Waals surface area contributed by atoms with Crippen molar-refractivity contribution in [3.63, 3.8) is 0 Å². The number of methoxy groups -OCH3 is 4. The van der Waals surface area contributed by atoms with Gasteiger partial charge in [-0.05, 0) is 137 Å². The average molecular weight is 1130 g/mol. The minimum Gasteiger partial charge on any atom is -0.491 e. The van der Waals surface area contributed by atoms with E-state index in [1.54, 1.807) is 28.4 Å². The van der Waals surface area contributed by atoms with Crippen molar-refractivity contribution in [1.82, 2.24) is 20.3 Å². The van der Waals surface area contributed by atoms with Crippen LogP contribution in [0.2, 0.25) is 0 Å². The number of fused-ring (bicyclic) bond motifs is 8. The van der Waals surface area contributed by atoms with Crippen LogP contribution in [0.1, 0.15) is 123 Å². The Labute approximate surface area is 441 Å². The second kappa shape index (κ2) is 22.8. The number of hydrogen-bond donors (Lipinski definition) is 4. The first-order valence-corrected chi connectivity index (χ1v) is 26.0. The molecule has 7 rings (SSSR count). The minimum absolute atomic E-state index is 0.244. The molecule has 396 valence electrons. The number of ether oxygens (including phenoxy) is 8. The van der Waals surface area contributed by atoms with Gasteiger partial charge >= 0.3 is 0 Å². The first kappa shape index (κ1) is 56.3. The minimum atomic E-state index is -0.950. The maximum Gasteiger partial charge on any atom is 0.136 e. The van der Waals surface area contributed by atoms with Gasteiger partial charge in [-0.2, -0.15) is 20.3 Å². The zero-order chi connectivity index (χ0) is 52.5. The van der Waals surface area contributed by atoms with Gasteiger partial charge in [0.15, 0.2) is 0 Å². The number of nitrogens with zero attached hydrogens (tertiary/aromatic N) is 4. The summed E-state index contributed by atoms with van der Waals surface area (Å²) in [6.07, 6.45) is -0.723. The van der Waals surface area contributed by atoms with Crippen LogP contribution in [-0.2, 0) is 44.6 Å². The third-order valence-corrected chi connectivity index (χ3v) is 16.3. The summed E-state index contributed by atoms with van der Waals surface area (Å²) >= 11 is 7.76.